The molecule has 0 aliphatic carbocycles. The molecule has 5 nitrogen and oxygen atoms in total. The average molecular weight is 292 g/mol. The van der Waals surface area contributed by atoms with Gasteiger partial charge in [-0.05, 0) is 12.5 Å². The number of unbranched alkanes of at least 4 members (excludes halogenated alkanes) is 1. The number of para-hydroxylation sites is 1. The summed E-state index contributed by atoms with van der Waals surface area (Å²) in [7, 11) is 3.32. The van der Waals surface area contributed by atoms with Gasteiger partial charge in [0.05, 0.1) is 7.11 Å². The summed E-state index contributed by atoms with van der Waals surface area (Å²) in [5, 5.41) is 2.75. The molecule has 0 fully saturated rings. The van der Waals surface area contributed by atoms with E-state index in [1.54, 1.807) is 19.1 Å². The van der Waals surface area contributed by atoms with E-state index in [1.165, 1.54) is 0 Å². The summed E-state index contributed by atoms with van der Waals surface area (Å²) in [5.41, 5.74) is 0.889. The Bertz CT molecular complexity index is 474. The van der Waals surface area contributed by atoms with E-state index in [2.05, 4.69) is 12.2 Å². The van der Waals surface area contributed by atoms with Gasteiger partial charge in [0, 0.05) is 25.7 Å². The maximum atomic E-state index is 11.8. The molecule has 2 amide bonds. The number of carbonyl (C=O) groups excluding carboxylic acids is 2. The van der Waals surface area contributed by atoms with Gasteiger partial charge in [0.1, 0.15) is 12.2 Å². The Labute approximate surface area is 126 Å². The van der Waals surface area contributed by atoms with E-state index in [0.717, 1.165) is 24.2 Å². The van der Waals surface area contributed by atoms with Crippen molar-refractivity contribution < 1.29 is 14.3 Å². The van der Waals surface area contributed by atoms with Crippen LogP contribution in [0.1, 0.15) is 31.7 Å². The summed E-state index contributed by atoms with van der Waals surface area (Å²) in [4.78, 5) is 25.2. The lowest BCUT2D eigenvalue weighted by atomic mass is 10.2. The SMILES string of the molecule is CCCCN(C)C(=O)CC(=O)NCc1ccccc1OC. The quantitative estimate of drug-likeness (QED) is 0.745. The average Bonchev–Trinajstić information content (AvgIpc) is 2.50. The lowest BCUT2D eigenvalue weighted by molar-refractivity contribution is -0.135. The summed E-state index contributed by atoms with van der Waals surface area (Å²) in [6.45, 7) is 3.11. The smallest absolute Gasteiger partial charge is 0.231 e. The van der Waals surface area contributed by atoms with Crippen LogP contribution in [-0.4, -0.2) is 37.4 Å². The van der Waals surface area contributed by atoms with Gasteiger partial charge < -0.3 is 15.0 Å². The minimum Gasteiger partial charge on any atom is -0.496 e. The van der Waals surface area contributed by atoms with Gasteiger partial charge in [0.15, 0.2) is 0 Å². The first-order valence-electron chi connectivity index (χ1n) is 7.21. The Morgan fingerprint density at radius 1 is 1.29 bits per heavy atom. The van der Waals surface area contributed by atoms with Crippen molar-refractivity contribution >= 4 is 11.8 Å². The van der Waals surface area contributed by atoms with Gasteiger partial charge in [-0.1, -0.05) is 31.5 Å². The Balaban J connectivity index is 2.42. The van der Waals surface area contributed by atoms with E-state index in [-0.39, 0.29) is 18.2 Å². The number of nitrogens with zero attached hydrogens (tertiary/aromatic N) is 1. The molecule has 5 heteroatoms. The van der Waals surface area contributed by atoms with E-state index in [9.17, 15) is 9.59 Å². The third-order valence-electron chi connectivity index (χ3n) is 3.25. The van der Waals surface area contributed by atoms with Crippen LogP contribution >= 0.6 is 0 Å². The molecular weight excluding hydrogens is 268 g/mol. The number of methoxy groups -OCH3 is 1. The second kappa shape index (κ2) is 9.00. The molecular formula is C16H24N2O3. The number of amides is 2. The maximum Gasteiger partial charge on any atom is 0.231 e. The third kappa shape index (κ3) is 5.85. The molecule has 0 aliphatic rings. The maximum absolute atomic E-state index is 11.8. The number of benzene rings is 1. The molecule has 0 radical (unpaired) electrons. The summed E-state index contributed by atoms with van der Waals surface area (Å²) >= 11 is 0. The van der Waals surface area contributed by atoms with Crippen molar-refractivity contribution in [2.24, 2.45) is 0 Å². The number of hydrogen-bond donors (Lipinski definition) is 1. The normalized spacial score (nSPS) is 10.0. The molecule has 0 saturated carbocycles. The number of nitrogens with one attached hydrogen (secondary N) is 1. The largest absolute Gasteiger partial charge is 0.496 e. The third-order valence-corrected chi connectivity index (χ3v) is 3.25. The summed E-state index contributed by atoms with van der Waals surface area (Å²) in [6.07, 6.45) is 1.86. The Morgan fingerprint density at radius 3 is 2.67 bits per heavy atom. The van der Waals surface area contributed by atoms with Crippen LogP contribution in [0.5, 0.6) is 5.75 Å². The minimum absolute atomic E-state index is 0.116. The molecule has 1 rings (SSSR count). The number of hydrogen-bond acceptors (Lipinski definition) is 3. The second-order valence-electron chi connectivity index (χ2n) is 4.93. The Morgan fingerprint density at radius 2 is 2.00 bits per heavy atom. The fraction of sp³-hybridized carbons (Fsp3) is 0.500. The highest BCUT2D eigenvalue weighted by Gasteiger charge is 2.13. The first kappa shape index (κ1) is 17.0. The van der Waals surface area contributed by atoms with Gasteiger partial charge in [-0.2, -0.15) is 0 Å². The highest BCUT2D eigenvalue weighted by Crippen LogP contribution is 2.16. The van der Waals surface area contributed by atoms with Crippen LogP contribution in [0, 0.1) is 0 Å². The van der Waals surface area contributed by atoms with Crippen molar-refractivity contribution in [3.63, 3.8) is 0 Å². The molecule has 1 aromatic rings. The first-order valence-corrected chi connectivity index (χ1v) is 7.21. The molecule has 1 aromatic carbocycles. The molecule has 0 saturated heterocycles. The van der Waals surface area contributed by atoms with Crippen molar-refractivity contribution in [3.05, 3.63) is 29.8 Å². The van der Waals surface area contributed by atoms with Gasteiger partial charge in [-0.15, -0.1) is 0 Å². The molecule has 0 unspecified atom stereocenters. The zero-order valence-electron chi connectivity index (χ0n) is 13.0. The second-order valence-corrected chi connectivity index (χ2v) is 4.93. The zero-order chi connectivity index (χ0) is 15.7. The van der Waals surface area contributed by atoms with Crippen LogP contribution in [0.3, 0.4) is 0 Å². The van der Waals surface area contributed by atoms with Crippen molar-refractivity contribution in [1.82, 2.24) is 10.2 Å². The molecule has 0 heterocycles. The standard InChI is InChI=1S/C16H24N2O3/c1-4-5-10-18(2)16(20)11-15(19)17-12-13-8-6-7-9-14(13)21-3/h6-9H,4-5,10-12H2,1-3H3,(H,17,19). The van der Waals surface area contributed by atoms with Crippen LogP contribution in [0.25, 0.3) is 0 Å². The van der Waals surface area contributed by atoms with E-state index in [4.69, 9.17) is 4.74 Å². The minimum atomic E-state index is -0.269. The topological polar surface area (TPSA) is 58.6 Å². The van der Waals surface area contributed by atoms with Gasteiger partial charge >= 0.3 is 0 Å². The van der Waals surface area contributed by atoms with Crippen LogP contribution in [0.2, 0.25) is 0 Å². The van der Waals surface area contributed by atoms with Gasteiger partial charge in [0.2, 0.25) is 11.8 Å². The van der Waals surface area contributed by atoms with Crippen LogP contribution in [0.4, 0.5) is 0 Å². The predicted octanol–water partition coefficient (Wildman–Crippen LogP) is 1.96. The first-order chi connectivity index (χ1) is 10.1. The number of rotatable bonds is 8. The summed E-state index contributed by atoms with van der Waals surface area (Å²) in [5.74, 6) is 0.305. The van der Waals surface area contributed by atoms with E-state index in [0.29, 0.717) is 13.1 Å². The fourth-order valence-electron chi connectivity index (χ4n) is 1.90. The van der Waals surface area contributed by atoms with Crippen molar-refractivity contribution in [2.75, 3.05) is 20.7 Å². The molecule has 0 atom stereocenters. The van der Waals surface area contributed by atoms with Crippen molar-refractivity contribution in [3.8, 4) is 5.75 Å². The van der Waals surface area contributed by atoms with E-state index < -0.39 is 0 Å². The number of ether oxygens (including phenoxy) is 1. The van der Waals surface area contributed by atoms with E-state index >= 15 is 0 Å². The molecule has 0 bridgehead atoms. The van der Waals surface area contributed by atoms with Gasteiger partial charge in [-0.3, -0.25) is 9.59 Å². The van der Waals surface area contributed by atoms with Gasteiger partial charge in [0.25, 0.3) is 0 Å². The predicted molar refractivity (Wildman–Crippen MR) is 82.0 cm³/mol. The molecule has 21 heavy (non-hydrogen) atoms. The van der Waals surface area contributed by atoms with Crippen molar-refractivity contribution in [1.29, 1.82) is 0 Å². The Hall–Kier alpha value is -2.04. The molecule has 0 aromatic heterocycles. The van der Waals surface area contributed by atoms with Crippen molar-refractivity contribution in [2.45, 2.75) is 32.7 Å². The summed E-state index contributed by atoms with van der Waals surface area (Å²) < 4.78 is 5.21. The fourth-order valence-corrected chi connectivity index (χ4v) is 1.90. The zero-order valence-corrected chi connectivity index (χ0v) is 13.0. The van der Waals surface area contributed by atoms with Crippen LogP contribution in [0.15, 0.2) is 24.3 Å². The molecule has 116 valence electrons. The highest BCUT2D eigenvalue weighted by molar-refractivity contribution is 5.96. The molecule has 0 aliphatic heterocycles. The summed E-state index contributed by atoms with van der Waals surface area (Å²) in [6, 6.07) is 7.48. The highest BCUT2D eigenvalue weighted by atomic mass is 16.5. The lowest BCUT2D eigenvalue weighted by Crippen LogP contribution is -2.33. The molecule has 1 N–H and O–H groups in total. The number of carbonyl (C=O) groups is 2. The van der Waals surface area contributed by atoms with E-state index in [1.807, 2.05) is 24.3 Å². The van der Waals surface area contributed by atoms with Crippen LogP contribution < -0.4 is 10.1 Å². The Kier molecular flexibility index (Phi) is 7.29. The van der Waals surface area contributed by atoms with Crippen LogP contribution in [-0.2, 0) is 16.1 Å². The van der Waals surface area contributed by atoms with Gasteiger partial charge in [-0.25, -0.2) is 0 Å². The monoisotopic (exact) mass is 292 g/mol. The molecule has 0 spiro atoms. The lowest BCUT2D eigenvalue weighted by Gasteiger charge is -2.16.